The smallest absolute Gasteiger partial charge is 0.0333 e. The number of piperazine rings is 1. The monoisotopic (exact) mass is 273 g/mol. The van der Waals surface area contributed by atoms with E-state index >= 15 is 0 Å². The third kappa shape index (κ3) is 2.75. The third-order valence-corrected chi connectivity index (χ3v) is 5.38. The highest BCUT2D eigenvalue weighted by Gasteiger charge is 2.43. The summed E-state index contributed by atoms with van der Waals surface area (Å²) in [5.74, 6) is 0.929. The van der Waals surface area contributed by atoms with Crippen molar-refractivity contribution in [2.24, 2.45) is 5.92 Å². The van der Waals surface area contributed by atoms with Crippen molar-refractivity contribution in [1.82, 2.24) is 15.2 Å². The van der Waals surface area contributed by atoms with Gasteiger partial charge in [0.05, 0.1) is 0 Å². The van der Waals surface area contributed by atoms with Gasteiger partial charge in [0.15, 0.2) is 0 Å². The van der Waals surface area contributed by atoms with E-state index in [-0.39, 0.29) is 0 Å². The molecule has 1 aliphatic carbocycles. The third-order valence-electron chi connectivity index (χ3n) is 5.38. The Hall–Kier alpha value is -0.930. The SMILES string of the molecule is CCC1(CC)CNC(C2CC2)CN1Cc1cccnc1. The maximum atomic E-state index is 4.27. The van der Waals surface area contributed by atoms with Gasteiger partial charge in [-0.2, -0.15) is 0 Å². The van der Waals surface area contributed by atoms with Gasteiger partial charge in [0.2, 0.25) is 0 Å². The molecule has 1 unspecified atom stereocenters. The standard InChI is InChI=1S/C17H27N3/c1-3-17(4-2)13-19-16(15-7-8-15)12-20(17)11-14-6-5-9-18-10-14/h5-6,9-10,15-16,19H,3-4,7-8,11-13H2,1-2H3. The summed E-state index contributed by atoms with van der Waals surface area (Å²) in [6.07, 6.45) is 9.15. The van der Waals surface area contributed by atoms with E-state index in [1.807, 2.05) is 12.4 Å². The molecule has 0 radical (unpaired) electrons. The molecule has 1 aliphatic heterocycles. The summed E-state index contributed by atoms with van der Waals surface area (Å²) in [6, 6.07) is 4.96. The molecule has 0 amide bonds. The average Bonchev–Trinajstić information content (AvgIpc) is 3.33. The zero-order valence-corrected chi connectivity index (χ0v) is 12.8. The number of hydrogen-bond acceptors (Lipinski definition) is 3. The first-order valence-electron chi connectivity index (χ1n) is 8.15. The van der Waals surface area contributed by atoms with Gasteiger partial charge in [-0.3, -0.25) is 9.88 Å². The normalized spacial score (nSPS) is 26.6. The van der Waals surface area contributed by atoms with Crippen LogP contribution in [0.3, 0.4) is 0 Å². The van der Waals surface area contributed by atoms with Crippen molar-refractivity contribution in [2.45, 2.75) is 57.7 Å². The van der Waals surface area contributed by atoms with Crippen molar-refractivity contribution in [3.8, 4) is 0 Å². The molecule has 0 bridgehead atoms. The van der Waals surface area contributed by atoms with Gasteiger partial charge in [0, 0.05) is 43.6 Å². The van der Waals surface area contributed by atoms with E-state index in [0.29, 0.717) is 11.6 Å². The van der Waals surface area contributed by atoms with Gasteiger partial charge in [-0.15, -0.1) is 0 Å². The van der Waals surface area contributed by atoms with E-state index < -0.39 is 0 Å². The molecule has 1 atom stereocenters. The highest BCUT2D eigenvalue weighted by molar-refractivity contribution is 5.11. The largest absolute Gasteiger partial charge is 0.311 e. The second-order valence-corrected chi connectivity index (χ2v) is 6.50. The number of nitrogens with zero attached hydrogens (tertiary/aromatic N) is 2. The van der Waals surface area contributed by atoms with E-state index in [1.54, 1.807) is 0 Å². The molecule has 110 valence electrons. The highest BCUT2D eigenvalue weighted by atomic mass is 15.3. The molecule has 3 nitrogen and oxygen atoms in total. The highest BCUT2D eigenvalue weighted by Crippen LogP contribution is 2.37. The first-order chi connectivity index (χ1) is 9.77. The number of hydrogen-bond donors (Lipinski definition) is 1. The number of pyridine rings is 1. The quantitative estimate of drug-likeness (QED) is 0.894. The molecule has 1 saturated heterocycles. The number of nitrogens with one attached hydrogen (secondary N) is 1. The molecule has 0 aromatic carbocycles. The van der Waals surface area contributed by atoms with Crippen LogP contribution in [0.5, 0.6) is 0 Å². The Kier molecular flexibility index (Phi) is 4.08. The van der Waals surface area contributed by atoms with Crippen molar-refractivity contribution in [2.75, 3.05) is 13.1 Å². The number of aromatic nitrogens is 1. The van der Waals surface area contributed by atoms with Crippen LogP contribution in [0.4, 0.5) is 0 Å². The molecule has 0 spiro atoms. The summed E-state index contributed by atoms with van der Waals surface area (Å²) in [5, 5.41) is 3.83. The lowest BCUT2D eigenvalue weighted by molar-refractivity contribution is 0.0202. The Labute approximate surface area is 122 Å². The molecule has 1 aromatic heterocycles. The van der Waals surface area contributed by atoms with Gasteiger partial charge in [0.1, 0.15) is 0 Å². The molecule has 1 saturated carbocycles. The van der Waals surface area contributed by atoms with Crippen molar-refractivity contribution in [1.29, 1.82) is 0 Å². The summed E-state index contributed by atoms with van der Waals surface area (Å²) in [5.41, 5.74) is 1.66. The summed E-state index contributed by atoms with van der Waals surface area (Å²) in [4.78, 5) is 7.00. The van der Waals surface area contributed by atoms with E-state index in [4.69, 9.17) is 0 Å². The second kappa shape index (κ2) is 5.82. The van der Waals surface area contributed by atoms with Gasteiger partial charge in [-0.05, 0) is 43.2 Å². The van der Waals surface area contributed by atoms with Gasteiger partial charge in [-0.1, -0.05) is 19.9 Å². The van der Waals surface area contributed by atoms with Crippen LogP contribution in [0.2, 0.25) is 0 Å². The fourth-order valence-electron chi connectivity index (χ4n) is 3.63. The maximum Gasteiger partial charge on any atom is 0.0333 e. The first-order valence-corrected chi connectivity index (χ1v) is 8.15. The van der Waals surface area contributed by atoms with E-state index in [9.17, 15) is 0 Å². The molecule has 1 N–H and O–H groups in total. The van der Waals surface area contributed by atoms with Crippen LogP contribution in [0, 0.1) is 5.92 Å². The zero-order chi connectivity index (χ0) is 14.0. The lowest BCUT2D eigenvalue weighted by Crippen LogP contribution is -2.64. The predicted octanol–water partition coefficient (Wildman–Crippen LogP) is 2.82. The molecule has 2 aliphatic rings. The maximum absolute atomic E-state index is 4.27. The second-order valence-electron chi connectivity index (χ2n) is 6.50. The summed E-state index contributed by atoms with van der Waals surface area (Å²) >= 11 is 0. The van der Waals surface area contributed by atoms with Crippen molar-refractivity contribution in [3.63, 3.8) is 0 Å². The van der Waals surface area contributed by atoms with Crippen molar-refractivity contribution < 1.29 is 0 Å². The Morgan fingerprint density at radius 3 is 2.75 bits per heavy atom. The molecule has 3 heteroatoms. The zero-order valence-electron chi connectivity index (χ0n) is 12.8. The van der Waals surface area contributed by atoms with Crippen LogP contribution in [0.1, 0.15) is 45.1 Å². The minimum absolute atomic E-state index is 0.321. The van der Waals surface area contributed by atoms with E-state index in [0.717, 1.165) is 19.0 Å². The lowest BCUT2D eigenvalue weighted by Gasteiger charge is -2.50. The molecule has 1 aromatic rings. The molecule has 2 fully saturated rings. The first kappa shape index (κ1) is 14.0. The molecule has 20 heavy (non-hydrogen) atoms. The summed E-state index contributed by atoms with van der Waals surface area (Å²) in [7, 11) is 0. The summed E-state index contributed by atoms with van der Waals surface area (Å²) in [6.45, 7) is 8.04. The van der Waals surface area contributed by atoms with Crippen LogP contribution >= 0.6 is 0 Å². The molecular formula is C17H27N3. The lowest BCUT2D eigenvalue weighted by atomic mass is 9.86. The van der Waals surface area contributed by atoms with E-state index in [2.05, 4.69) is 41.2 Å². The van der Waals surface area contributed by atoms with Crippen LogP contribution in [-0.2, 0) is 6.54 Å². The van der Waals surface area contributed by atoms with Crippen LogP contribution in [0.25, 0.3) is 0 Å². The minimum Gasteiger partial charge on any atom is -0.311 e. The van der Waals surface area contributed by atoms with Crippen molar-refractivity contribution >= 4 is 0 Å². The minimum atomic E-state index is 0.321. The Morgan fingerprint density at radius 1 is 1.35 bits per heavy atom. The Balaban J connectivity index is 1.76. The van der Waals surface area contributed by atoms with Crippen LogP contribution in [-0.4, -0.2) is 34.6 Å². The fourth-order valence-corrected chi connectivity index (χ4v) is 3.63. The Bertz CT molecular complexity index is 423. The van der Waals surface area contributed by atoms with Gasteiger partial charge in [0.25, 0.3) is 0 Å². The van der Waals surface area contributed by atoms with Gasteiger partial charge in [-0.25, -0.2) is 0 Å². The van der Waals surface area contributed by atoms with Crippen LogP contribution in [0.15, 0.2) is 24.5 Å². The molecular weight excluding hydrogens is 246 g/mol. The average molecular weight is 273 g/mol. The fraction of sp³-hybridized carbons (Fsp3) is 0.706. The van der Waals surface area contributed by atoms with Crippen LogP contribution < -0.4 is 5.32 Å². The summed E-state index contributed by atoms with van der Waals surface area (Å²) < 4.78 is 0. The number of rotatable bonds is 5. The topological polar surface area (TPSA) is 28.2 Å². The molecule has 3 rings (SSSR count). The predicted molar refractivity (Wildman–Crippen MR) is 82.5 cm³/mol. The van der Waals surface area contributed by atoms with E-state index in [1.165, 1.54) is 37.8 Å². The molecule has 2 heterocycles. The Morgan fingerprint density at radius 2 is 2.15 bits per heavy atom. The van der Waals surface area contributed by atoms with Gasteiger partial charge >= 0.3 is 0 Å². The van der Waals surface area contributed by atoms with Crippen molar-refractivity contribution in [3.05, 3.63) is 30.1 Å². The van der Waals surface area contributed by atoms with Gasteiger partial charge < -0.3 is 5.32 Å².